The van der Waals surface area contributed by atoms with E-state index >= 15 is 0 Å². The van der Waals surface area contributed by atoms with Crippen LogP contribution in [0.1, 0.15) is 323 Å². The van der Waals surface area contributed by atoms with Crippen LogP contribution in [0.25, 0.3) is 0 Å². The third kappa shape index (κ3) is 16.8. The van der Waals surface area contributed by atoms with Gasteiger partial charge in [0.15, 0.2) is 0 Å². The molecule has 101 heavy (non-hydrogen) atoms. The number of fused-ring (bicyclic) bond motifs is 9. The van der Waals surface area contributed by atoms with Gasteiger partial charge in [0.05, 0.1) is 0 Å². The lowest BCUT2D eigenvalue weighted by Gasteiger charge is -2.47. The van der Waals surface area contributed by atoms with Gasteiger partial charge < -0.3 is 60.2 Å². The Labute approximate surface area is 599 Å². The van der Waals surface area contributed by atoms with Crippen LogP contribution in [0.2, 0.25) is 0 Å². The molecule has 4 aliphatic carbocycles. The highest BCUT2D eigenvalue weighted by atomic mass is 16.5. The number of hydrogen-bond acceptors (Lipinski definition) is 12. The van der Waals surface area contributed by atoms with Crippen LogP contribution in [0, 0.1) is 23.7 Å². The Balaban J connectivity index is 0.000000171. The molecule has 3 aliphatic heterocycles. The summed E-state index contributed by atoms with van der Waals surface area (Å²) in [5.41, 5.74) is 9.85. The van der Waals surface area contributed by atoms with Gasteiger partial charge in [0, 0.05) is 63.7 Å². The molecule has 0 aromatic heterocycles. The fourth-order valence-electron chi connectivity index (χ4n) is 17.3. The van der Waals surface area contributed by atoms with E-state index in [4.69, 9.17) is 14.2 Å². The summed E-state index contributed by atoms with van der Waals surface area (Å²) in [5, 5.41) is 92.7. The predicted molar refractivity (Wildman–Crippen MR) is 397 cm³/mol. The van der Waals surface area contributed by atoms with Crippen molar-refractivity contribution in [2.24, 2.45) is 23.7 Å². The van der Waals surface area contributed by atoms with E-state index in [-0.39, 0.29) is 110 Å². The number of rotatable bonds is 19. The summed E-state index contributed by atoms with van der Waals surface area (Å²) in [4.78, 5) is 47.5. The van der Waals surface area contributed by atoms with Crippen LogP contribution >= 0.6 is 0 Å². The van der Waals surface area contributed by atoms with Crippen molar-refractivity contribution in [1.82, 2.24) is 0 Å². The first kappa shape index (κ1) is 78.6. The molecule has 7 aliphatic rings. The molecule has 16 nitrogen and oxygen atoms in total. The quantitative estimate of drug-likeness (QED) is 0.0312. The lowest BCUT2D eigenvalue weighted by molar-refractivity contribution is 0.00895. The second-order valence-electron chi connectivity index (χ2n) is 31.4. The SMILES string of the molecule is C=C(C)[C@@H]1CCC(C)=C[C@H]1c1c(O)cc(CCC)c(C(=O)O)c1O.CCCCCc1cc(O)c2c(c1C(=O)O)OC(C)(C)[C@@H]1CCC(C)=C[C@@H]21.CCCCCc1cc2c(c(O)c1C(=O)O)[C@@H]1C=C(C)CC[C@H]1C(C)(C)O2.CCCCc1cc2c(c(O)c1C(=O)O)[C@@H]1C=C(C)CC[C@H]1C(C)(C)O2. The van der Waals surface area contributed by atoms with Gasteiger partial charge in [0.25, 0.3) is 0 Å². The summed E-state index contributed by atoms with van der Waals surface area (Å²) < 4.78 is 18.9. The number of carboxylic acid groups (broad SMARTS) is 4. The van der Waals surface area contributed by atoms with Crippen LogP contribution in [0.3, 0.4) is 0 Å². The number of unbranched alkanes of at least 4 members (excludes halogenated alkanes) is 5. The molecule has 0 saturated heterocycles. The molecule has 3 heterocycles. The van der Waals surface area contributed by atoms with Gasteiger partial charge in [-0.15, -0.1) is 0 Å². The van der Waals surface area contributed by atoms with Gasteiger partial charge in [-0.1, -0.05) is 125 Å². The molecule has 4 aromatic rings. The van der Waals surface area contributed by atoms with Crippen molar-refractivity contribution >= 4 is 23.9 Å². The van der Waals surface area contributed by atoms with Crippen molar-refractivity contribution in [3.8, 4) is 46.0 Å². The van der Waals surface area contributed by atoms with Crippen molar-refractivity contribution in [1.29, 1.82) is 0 Å². The molecule has 8 atom stereocenters. The van der Waals surface area contributed by atoms with Crippen molar-refractivity contribution in [3.63, 3.8) is 0 Å². The summed E-state index contributed by atoms with van der Waals surface area (Å²) in [6.45, 7) is 35.0. The van der Waals surface area contributed by atoms with Crippen LogP contribution in [0.5, 0.6) is 46.0 Å². The zero-order valence-electron chi connectivity index (χ0n) is 62.7. The van der Waals surface area contributed by atoms with Crippen LogP contribution in [0.4, 0.5) is 0 Å². The predicted octanol–water partition coefficient (Wildman–Crippen LogP) is 20.7. The summed E-state index contributed by atoms with van der Waals surface area (Å²) in [7, 11) is 0. The molecule has 550 valence electrons. The van der Waals surface area contributed by atoms with E-state index in [0.717, 1.165) is 115 Å². The zero-order valence-corrected chi connectivity index (χ0v) is 62.7. The number of carboxylic acids is 4. The average molecular weight is 1390 g/mol. The summed E-state index contributed by atoms with van der Waals surface area (Å²) in [6.07, 6.45) is 27.4. The molecule has 9 N–H and O–H groups in total. The Bertz CT molecular complexity index is 3890. The smallest absolute Gasteiger partial charge is 0.339 e. The van der Waals surface area contributed by atoms with Gasteiger partial charge in [-0.3, -0.25) is 0 Å². The molecule has 0 amide bonds. The summed E-state index contributed by atoms with van der Waals surface area (Å²) in [6, 6.07) is 6.87. The topological polar surface area (TPSA) is 278 Å². The highest BCUT2D eigenvalue weighted by Crippen LogP contribution is 2.59. The van der Waals surface area contributed by atoms with Gasteiger partial charge in [-0.2, -0.15) is 0 Å². The van der Waals surface area contributed by atoms with E-state index in [0.29, 0.717) is 87.4 Å². The number of carbonyl (C=O) groups is 4. The fraction of sp³-hybridized carbons (Fsp3) is 0.553. The molecular weight excluding hydrogens is 1280 g/mol. The Morgan fingerprint density at radius 3 is 1.12 bits per heavy atom. The lowest BCUT2D eigenvalue weighted by Crippen LogP contribution is -2.45. The minimum Gasteiger partial charge on any atom is -0.507 e. The number of hydrogen-bond donors (Lipinski definition) is 9. The highest BCUT2D eigenvalue weighted by Gasteiger charge is 2.50. The van der Waals surface area contributed by atoms with Crippen LogP contribution < -0.4 is 14.2 Å². The normalized spacial score (nSPS) is 22.9. The monoisotopic (exact) mass is 1390 g/mol. The molecule has 4 aromatic carbocycles. The fourth-order valence-corrected chi connectivity index (χ4v) is 17.3. The van der Waals surface area contributed by atoms with E-state index < -0.39 is 29.5 Å². The van der Waals surface area contributed by atoms with Gasteiger partial charge in [0.1, 0.15) is 85.1 Å². The minimum absolute atomic E-state index is 0.00490. The molecule has 0 fully saturated rings. The van der Waals surface area contributed by atoms with Crippen molar-refractivity contribution in [2.75, 3.05) is 0 Å². The number of phenols is 5. The Kier molecular flexibility index (Phi) is 25.2. The second kappa shape index (κ2) is 32.5. The molecule has 0 radical (unpaired) electrons. The Hall–Kier alpha value is -8.14. The summed E-state index contributed by atoms with van der Waals surface area (Å²) >= 11 is 0. The molecule has 11 rings (SSSR count). The number of benzene rings is 4. The highest BCUT2D eigenvalue weighted by molar-refractivity contribution is 5.96. The molecule has 0 spiro atoms. The number of aromatic hydroxyl groups is 5. The van der Waals surface area contributed by atoms with E-state index in [2.05, 4.69) is 94.0 Å². The maximum atomic E-state index is 12.1. The molecule has 0 unspecified atom stereocenters. The van der Waals surface area contributed by atoms with E-state index in [1.807, 2.05) is 52.8 Å². The molecular formula is C85H114O16. The van der Waals surface area contributed by atoms with E-state index in [1.165, 1.54) is 28.4 Å². The lowest BCUT2D eigenvalue weighted by atomic mass is 9.67. The number of aryl methyl sites for hydroxylation is 4. The standard InChI is InChI=1S/2C22H30O4.C21H28O4.C20H26O4/c1-5-6-7-8-14-12-17-19(20(23)18(14)21(24)25)15-11-13(2)9-10-16(15)22(3,4)26-17;1-5-6-7-8-14-12-17(23)19-15-11-13(2)9-10-16(15)22(3,4)26-20(19)18(14)21(24)25;1-5-6-7-13-11-16-18(19(22)17(13)20(23)24)14-10-12(2)8-9-15(14)21(3,4)25-16;1-5-6-13-10-16(21)18(19(22)17(13)20(23)24)15-9-12(4)7-8-14(15)11(2)3/h2*11-12,15-16,23H,5-10H2,1-4H3,(H,24,25);10-11,14-15,22H,5-9H2,1-4H3,(H,23,24);9-10,14-15,21-22H,2,5-8H2,1,3-4H3,(H,23,24)/t2*15-,16-;14-,15-;14-,15+/m1110/s1. The second-order valence-corrected chi connectivity index (χ2v) is 31.4. The van der Waals surface area contributed by atoms with Crippen LogP contribution in [-0.2, 0) is 25.7 Å². The number of aromatic carboxylic acids is 4. The van der Waals surface area contributed by atoms with E-state index in [9.17, 15) is 65.1 Å². The number of ether oxygens (including phenoxy) is 3. The largest absolute Gasteiger partial charge is 0.507 e. The number of allylic oxidation sites excluding steroid dienone is 9. The Morgan fingerprint density at radius 2 is 0.743 bits per heavy atom. The van der Waals surface area contributed by atoms with Gasteiger partial charge in [-0.05, 0) is 225 Å². The van der Waals surface area contributed by atoms with Gasteiger partial charge in [0.2, 0.25) is 0 Å². The first-order valence-corrected chi connectivity index (χ1v) is 37.1. The third-order valence-corrected chi connectivity index (χ3v) is 22.6. The van der Waals surface area contributed by atoms with E-state index in [1.54, 1.807) is 6.07 Å². The average Bonchev–Trinajstić information content (AvgIpc) is 0.750. The molecule has 0 saturated carbocycles. The summed E-state index contributed by atoms with van der Waals surface area (Å²) in [5.74, 6) is -2.45. The van der Waals surface area contributed by atoms with Crippen molar-refractivity contribution < 1.29 is 79.3 Å². The van der Waals surface area contributed by atoms with Gasteiger partial charge in [-0.25, -0.2) is 19.2 Å². The molecule has 16 heteroatoms. The van der Waals surface area contributed by atoms with Crippen LogP contribution in [0.15, 0.2) is 83.0 Å². The van der Waals surface area contributed by atoms with Crippen LogP contribution in [-0.4, -0.2) is 86.6 Å². The maximum Gasteiger partial charge on any atom is 0.339 e. The zero-order chi connectivity index (χ0) is 74.5. The van der Waals surface area contributed by atoms with Crippen molar-refractivity contribution in [2.45, 2.75) is 279 Å². The third-order valence-electron chi connectivity index (χ3n) is 22.6. The van der Waals surface area contributed by atoms with Gasteiger partial charge >= 0.3 is 23.9 Å². The Morgan fingerprint density at radius 1 is 0.416 bits per heavy atom. The minimum atomic E-state index is -1.17. The first-order chi connectivity index (χ1) is 47.5. The van der Waals surface area contributed by atoms with Crippen molar-refractivity contribution in [3.05, 3.63) is 150 Å². The number of phenolic OH excluding ortho intramolecular Hbond substituents is 2. The maximum absolute atomic E-state index is 12.1. The molecule has 0 bridgehead atoms. The first-order valence-electron chi connectivity index (χ1n) is 37.1.